The Kier molecular flexibility index (Phi) is 9.43. The molecule has 0 radical (unpaired) electrons. The van der Waals surface area contributed by atoms with E-state index in [0.29, 0.717) is 22.5 Å². The highest BCUT2D eigenvalue weighted by Gasteiger charge is 2.28. The summed E-state index contributed by atoms with van der Waals surface area (Å²) in [6.07, 6.45) is 0. The molecule has 1 aliphatic rings. The molecule has 1 heterocycles. The Bertz CT molecular complexity index is 1340. The maximum absolute atomic E-state index is 13.7. The Balaban J connectivity index is 1.45. The summed E-state index contributed by atoms with van der Waals surface area (Å²) >= 11 is 3.35. The number of nitrogens with zero attached hydrogens (tertiary/aromatic N) is 2. The number of sulfonamides is 1. The van der Waals surface area contributed by atoms with Crippen molar-refractivity contribution in [2.75, 3.05) is 44.3 Å². The van der Waals surface area contributed by atoms with Crippen LogP contribution in [0.3, 0.4) is 0 Å². The Morgan fingerprint density at radius 2 is 1.68 bits per heavy atom. The first-order valence-electron chi connectivity index (χ1n) is 12.3. The van der Waals surface area contributed by atoms with E-state index in [1.54, 1.807) is 18.2 Å². The molecule has 3 aromatic rings. The second-order valence-electron chi connectivity index (χ2n) is 9.13. The van der Waals surface area contributed by atoms with Crippen LogP contribution in [0.4, 0.5) is 5.69 Å². The van der Waals surface area contributed by atoms with Gasteiger partial charge >= 0.3 is 0 Å². The summed E-state index contributed by atoms with van der Waals surface area (Å²) in [6, 6.07) is 19.6. The van der Waals surface area contributed by atoms with Gasteiger partial charge in [0.25, 0.3) is 10.0 Å². The molecule has 1 aliphatic heterocycles. The molecule has 1 saturated heterocycles. The summed E-state index contributed by atoms with van der Waals surface area (Å²) < 4.78 is 39.6. The smallest absolute Gasteiger partial charge is 0.264 e. The standard InChI is InChI=1S/C28H32BrN3O5S/c1-21-3-9-24(10-4-21)32(38(34,35)25-11-12-27(36-2)26(29)17-25)20-28(33)30-18-22-5-7-23(8-6-22)19-31-13-15-37-16-14-31/h3-12,17H,13-16,18-20H2,1-2H3,(H,30,33). The van der Waals surface area contributed by atoms with E-state index in [1.807, 2.05) is 31.2 Å². The van der Waals surface area contributed by atoms with E-state index in [0.717, 1.165) is 48.3 Å². The van der Waals surface area contributed by atoms with Crippen LogP contribution in [0.1, 0.15) is 16.7 Å². The van der Waals surface area contributed by atoms with E-state index in [4.69, 9.17) is 9.47 Å². The van der Waals surface area contributed by atoms with Gasteiger partial charge < -0.3 is 14.8 Å². The van der Waals surface area contributed by atoms with E-state index in [9.17, 15) is 13.2 Å². The van der Waals surface area contributed by atoms with E-state index >= 15 is 0 Å². The highest BCUT2D eigenvalue weighted by atomic mass is 79.9. The van der Waals surface area contributed by atoms with Gasteiger partial charge in [-0.15, -0.1) is 0 Å². The van der Waals surface area contributed by atoms with Gasteiger partial charge in [-0.3, -0.25) is 14.0 Å². The molecule has 202 valence electrons. The zero-order valence-corrected chi connectivity index (χ0v) is 23.9. The number of amides is 1. The minimum absolute atomic E-state index is 0.0504. The van der Waals surface area contributed by atoms with Gasteiger partial charge in [-0.2, -0.15) is 0 Å². The molecular formula is C28H32BrN3O5S. The number of benzene rings is 3. The fourth-order valence-corrected chi connectivity index (χ4v) is 6.27. The van der Waals surface area contributed by atoms with Crippen molar-refractivity contribution in [2.45, 2.75) is 24.9 Å². The third-order valence-corrected chi connectivity index (χ3v) is 8.73. The van der Waals surface area contributed by atoms with Crippen LogP contribution in [0.25, 0.3) is 0 Å². The van der Waals surface area contributed by atoms with Crippen LogP contribution in [0.15, 0.2) is 76.1 Å². The largest absolute Gasteiger partial charge is 0.496 e. The monoisotopic (exact) mass is 601 g/mol. The number of nitrogens with one attached hydrogen (secondary N) is 1. The van der Waals surface area contributed by atoms with Crippen molar-refractivity contribution in [3.8, 4) is 5.75 Å². The summed E-state index contributed by atoms with van der Waals surface area (Å²) in [7, 11) is -2.53. The van der Waals surface area contributed by atoms with Crippen molar-refractivity contribution in [1.82, 2.24) is 10.2 Å². The molecule has 1 N–H and O–H groups in total. The highest BCUT2D eigenvalue weighted by Crippen LogP contribution is 2.30. The lowest BCUT2D eigenvalue weighted by Gasteiger charge is -2.26. The maximum Gasteiger partial charge on any atom is 0.264 e. The predicted octanol–water partition coefficient (Wildman–Crippen LogP) is 4.11. The van der Waals surface area contributed by atoms with Gasteiger partial charge in [0.1, 0.15) is 12.3 Å². The zero-order chi connectivity index (χ0) is 27.1. The molecule has 0 unspecified atom stereocenters. The highest BCUT2D eigenvalue weighted by molar-refractivity contribution is 9.10. The number of rotatable bonds is 10. The van der Waals surface area contributed by atoms with Crippen LogP contribution >= 0.6 is 15.9 Å². The van der Waals surface area contributed by atoms with Crippen LogP contribution in [-0.4, -0.2) is 59.2 Å². The second-order valence-corrected chi connectivity index (χ2v) is 11.8. The number of hydrogen-bond acceptors (Lipinski definition) is 6. The van der Waals surface area contributed by atoms with Gasteiger partial charge in [-0.05, 0) is 64.3 Å². The van der Waals surface area contributed by atoms with E-state index in [-0.39, 0.29) is 11.4 Å². The number of morpholine rings is 1. The van der Waals surface area contributed by atoms with Gasteiger partial charge in [-0.25, -0.2) is 8.42 Å². The third kappa shape index (κ3) is 7.13. The summed E-state index contributed by atoms with van der Waals surface area (Å²) in [6.45, 7) is 6.08. The molecule has 38 heavy (non-hydrogen) atoms. The number of hydrogen-bond donors (Lipinski definition) is 1. The SMILES string of the molecule is COc1ccc(S(=O)(=O)N(CC(=O)NCc2ccc(CN3CCOCC3)cc2)c2ccc(C)cc2)cc1Br. The molecular weight excluding hydrogens is 570 g/mol. The van der Waals surface area contributed by atoms with Crippen LogP contribution in [0.2, 0.25) is 0 Å². The molecule has 0 saturated carbocycles. The fraction of sp³-hybridized carbons (Fsp3) is 0.321. The molecule has 0 bridgehead atoms. The molecule has 4 rings (SSSR count). The Labute approximate surface area is 232 Å². The zero-order valence-electron chi connectivity index (χ0n) is 21.5. The maximum atomic E-state index is 13.7. The summed E-state index contributed by atoms with van der Waals surface area (Å²) in [5.41, 5.74) is 3.53. The van der Waals surface area contributed by atoms with Crippen molar-refractivity contribution in [1.29, 1.82) is 0 Å². The third-order valence-electron chi connectivity index (χ3n) is 6.34. The van der Waals surface area contributed by atoms with Crippen molar-refractivity contribution >= 4 is 37.5 Å². The van der Waals surface area contributed by atoms with Crippen molar-refractivity contribution in [2.24, 2.45) is 0 Å². The lowest BCUT2D eigenvalue weighted by molar-refractivity contribution is -0.119. The van der Waals surface area contributed by atoms with Crippen molar-refractivity contribution in [3.63, 3.8) is 0 Å². The van der Waals surface area contributed by atoms with E-state index < -0.39 is 15.9 Å². The lowest BCUT2D eigenvalue weighted by atomic mass is 10.1. The molecule has 0 aromatic heterocycles. The van der Waals surface area contributed by atoms with Crippen LogP contribution in [0.5, 0.6) is 5.75 Å². The van der Waals surface area contributed by atoms with Crippen LogP contribution < -0.4 is 14.4 Å². The molecule has 1 amide bonds. The quantitative estimate of drug-likeness (QED) is 0.376. The molecule has 3 aromatic carbocycles. The molecule has 0 aliphatic carbocycles. The summed E-state index contributed by atoms with van der Waals surface area (Å²) in [4.78, 5) is 15.4. The number of carbonyl (C=O) groups is 1. The topological polar surface area (TPSA) is 88.2 Å². The van der Waals surface area contributed by atoms with Gasteiger partial charge in [0.15, 0.2) is 0 Å². The Morgan fingerprint density at radius 1 is 1.03 bits per heavy atom. The first-order chi connectivity index (χ1) is 18.3. The lowest BCUT2D eigenvalue weighted by Crippen LogP contribution is -2.40. The number of aryl methyl sites for hydroxylation is 1. The average molecular weight is 603 g/mol. The van der Waals surface area contributed by atoms with E-state index in [2.05, 4.69) is 38.3 Å². The minimum atomic E-state index is -4.04. The van der Waals surface area contributed by atoms with Crippen molar-refractivity contribution in [3.05, 3.63) is 87.9 Å². The molecule has 0 atom stereocenters. The fourth-order valence-electron chi connectivity index (χ4n) is 4.13. The van der Waals surface area contributed by atoms with Crippen LogP contribution in [-0.2, 0) is 32.6 Å². The molecule has 0 spiro atoms. The number of ether oxygens (including phenoxy) is 2. The van der Waals surface area contributed by atoms with Crippen LogP contribution in [0, 0.1) is 6.92 Å². The first kappa shape index (κ1) is 28.1. The summed E-state index contributed by atoms with van der Waals surface area (Å²) in [5.74, 6) is 0.110. The average Bonchev–Trinajstić information content (AvgIpc) is 2.92. The summed E-state index contributed by atoms with van der Waals surface area (Å²) in [5, 5.41) is 2.86. The normalized spacial score (nSPS) is 14.2. The number of methoxy groups -OCH3 is 1. The van der Waals surface area contributed by atoms with Gasteiger partial charge in [0.2, 0.25) is 5.91 Å². The molecule has 8 nitrogen and oxygen atoms in total. The number of halogens is 1. The number of anilines is 1. The van der Waals surface area contributed by atoms with Crippen molar-refractivity contribution < 1.29 is 22.7 Å². The molecule has 1 fully saturated rings. The van der Waals surface area contributed by atoms with E-state index in [1.165, 1.54) is 24.8 Å². The van der Waals surface area contributed by atoms with Gasteiger partial charge in [-0.1, -0.05) is 42.0 Å². The minimum Gasteiger partial charge on any atom is -0.496 e. The second kappa shape index (κ2) is 12.8. The van der Waals surface area contributed by atoms with Gasteiger partial charge in [0, 0.05) is 26.2 Å². The molecule has 10 heteroatoms. The van der Waals surface area contributed by atoms with Gasteiger partial charge in [0.05, 0.1) is 35.4 Å². The Hall–Kier alpha value is -2.92. The first-order valence-corrected chi connectivity index (χ1v) is 14.6. The number of carbonyl (C=O) groups excluding carboxylic acids is 1. The Morgan fingerprint density at radius 3 is 2.32 bits per heavy atom. The predicted molar refractivity (Wildman–Crippen MR) is 151 cm³/mol.